The number of hydrogen-bond acceptors (Lipinski definition) is 3. The van der Waals surface area contributed by atoms with Crippen LogP contribution in [-0.4, -0.2) is 14.5 Å². The summed E-state index contributed by atoms with van der Waals surface area (Å²) >= 11 is 5.81. The van der Waals surface area contributed by atoms with Crippen LogP contribution in [-0.2, 0) is 6.54 Å². The van der Waals surface area contributed by atoms with E-state index in [1.54, 1.807) is 30.9 Å². The molecule has 0 atom stereocenters. The van der Waals surface area contributed by atoms with Gasteiger partial charge in [0.15, 0.2) is 0 Å². The molecule has 0 amide bonds. The molecule has 0 radical (unpaired) electrons. The van der Waals surface area contributed by atoms with Crippen molar-refractivity contribution in [2.75, 3.05) is 5.73 Å². The molecule has 0 bridgehead atoms. The van der Waals surface area contributed by atoms with Gasteiger partial charge >= 0.3 is 0 Å². The van der Waals surface area contributed by atoms with E-state index in [-0.39, 0.29) is 5.02 Å². The zero-order valence-electron chi connectivity index (χ0n) is 11.0. The summed E-state index contributed by atoms with van der Waals surface area (Å²) in [5.74, 6) is 0.0131. The molecule has 0 aliphatic carbocycles. The van der Waals surface area contributed by atoms with Gasteiger partial charge in [0.2, 0.25) is 0 Å². The van der Waals surface area contributed by atoms with Gasteiger partial charge in [0.05, 0.1) is 23.2 Å². The van der Waals surface area contributed by atoms with Gasteiger partial charge in [-0.25, -0.2) is 14.4 Å². The molecule has 1 aromatic carbocycles. The molecule has 6 heteroatoms. The van der Waals surface area contributed by atoms with Gasteiger partial charge in [-0.05, 0) is 29.8 Å². The maximum absolute atomic E-state index is 13.2. The Morgan fingerprint density at radius 1 is 1.29 bits per heavy atom. The van der Waals surface area contributed by atoms with Crippen LogP contribution in [0.25, 0.3) is 11.3 Å². The van der Waals surface area contributed by atoms with Gasteiger partial charge < -0.3 is 10.3 Å². The Hall–Kier alpha value is -2.40. The normalized spacial score (nSPS) is 10.8. The van der Waals surface area contributed by atoms with Gasteiger partial charge in [-0.3, -0.25) is 0 Å². The molecule has 0 aliphatic rings. The van der Waals surface area contributed by atoms with Crippen LogP contribution in [0.3, 0.4) is 0 Å². The number of nitrogen functional groups attached to an aromatic ring is 1. The molecule has 0 saturated carbocycles. The second kappa shape index (κ2) is 5.54. The number of anilines is 1. The number of rotatable bonds is 3. The van der Waals surface area contributed by atoms with Crippen molar-refractivity contribution in [2.45, 2.75) is 6.54 Å². The number of benzene rings is 1. The Labute approximate surface area is 126 Å². The minimum Gasteiger partial charge on any atom is -0.383 e. The van der Waals surface area contributed by atoms with Crippen LogP contribution in [0.15, 0.2) is 49.1 Å². The minimum atomic E-state index is -0.428. The second-order valence-corrected chi connectivity index (χ2v) is 5.00. The summed E-state index contributed by atoms with van der Waals surface area (Å²) in [6.45, 7) is 0.518. The average Bonchev–Trinajstić information content (AvgIpc) is 2.91. The fourth-order valence-corrected chi connectivity index (χ4v) is 2.34. The summed E-state index contributed by atoms with van der Waals surface area (Å²) in [5.41, 5.74) is 8.43. The van der Waals surface area contributed by atoms with Crippen LogP contribution in [0.5, 0.6) is 0 Å². The van der Waals surface area contributed by atoms with Crippen LogP contribution >= 0.6 is 11.6 Å². The highest BCUT2D eigenvalue weighted by molar-refractivity contribution is 6.30. The molecule has 106 valence electrons. The smallest absolute Gasteiger partial charge is 0.141 e. The molecule has 4 nitrogen and oxygen atoms in total. The monoisotopic (exact) mass is 302 g/mol. The Morgan fingerprint density at radius 3 is 2.90 bits per heavy atom. The molecule has 0 fully saturated rings. The van der Waals surface area contributed by atoms with Crippen LogP contribution in [0.1, 0.15) is 5.56 Å². The molecule has 3 aromatic rings. The molecule has 2 aromatic heterocycles. The first-order valence-corrected chi connectivity index (χ1v) is 6.68. The van der Waals surface area contributed by atoms with E-state index in [1.807, 2.05) is 16.7 Å². The van der Waals surface area contributed by atoms with Gasteiger partial charge in [-0.2, -0.15) is 0 Å². The first-order valence-electron chi connectivity index (χ1n) is 6.30. The van der Waals surface area contributed by atoms with Crippen molar-refractivity contribution in [3.63, 3.8) is 0 Å². The number of halogens is 2. The molecular weight excluding hydrogens is 291 g/mol. The molecular formula is C15H12ClFN4. The van der Waals surface area contributed by atoms with E-state index in [1.165, 1.54) is 6.07 Å². The van der Waals surface area contributed by atoms with Gasteiger partial charge in [-0.1, -0.05) is 17.7 Å². The maximum Gasteiger partial charge on any atom is 0.141 e. The number of pyridine rings is 1. The average molecular weight is 303 g/mol. The first kappa shape index (κ1) is 13.6. The van der Waals surface area contributed by atoms with Gasteiger partial charge in [0, 0.05) is 18.3 Å². The Balaban J connectivity index is 1.96. The molecule has 3 rings (SSSR count). The Bertz CT molecular complexity index is 785. The summed E-state index contributed by atoms with van der Waals surface area (Å²) in [4.78, 5) is 8.22. The third kappa shape index (κ3) is 2.73. The predicted octanol–water partition coefficient (Wildman–Crippen LogP) is 3.37. The van der Waals surface area contributed by atoms with Crippen LogP contribution in [0.2, 0.25) is 5.02 Å². The van der Waals surface area contributed by atoms with Crippen molar-refractivity contribution >= 4 is 17.4 Å². The summed E-state index contributed by atoms with van der Waals surface area (Å²) < 4.78 is 15.1. The van der Waals surface area contributed by atoms with Crippen molar-refractivity contribution in [3.8, 4) is 11.3 Å². The molecule has 21 heavy (non-hydrogen) atoms. The summed E-state index contributed by atoms with van der Waals surface area (Å²) in [6, 6.07) is 8.35. The van der Waals surface area contributed by atoms with Crippen molar-refractivity contribution in [2.24, 2.45) is 0 Å². The van der Waals surface area contributed by atoms with Gasteiger partial charge in [-0.15, -0.1) is 0 Å². The Kier molecular flexibility index (Phi) is 3.58. The highest BCUT2D eigenvalue weighted by Gasteiger charge is 2.10. The van der Waals surface area contributed by atoms with E-state index in [0.717, 1.165) is 16.8 Å². The first-order chi connectivity index (χ1) is 10.1. The van der Waals surface area contributed by atoms with E-state index >= 15 is 0 Å². The lowest BCUT2D eigenvalue weighted by atomic mass is 10.1. The number of nitrogens with two attached hydrogens (primary N) is 1. The number of imidazole rings is 1. The van der Waals surface area contributed by atoms with Crippen LogP contribution in [0.4, 0.5) is 10.2 Å². The largest absolute Gasteiger partial charge is 0.383 e. The van der Waals surface area contributed by atoms with Gasteiger partial charge in [0.25, 0.3) is 0 Å². The standard InChI is InChI=1S/C15H12ClFN4/c16-12-6-10(3-4-13(12)17)8-21-9-19-7-14(21)11-2-1-5-20-15(11)18/h1-7,9H,8H2,(H2,18,20). The molecule has 2 N–H and O–H groups in total. The van der Waals surface area contributed by atoms with E-state index in [9.17, 15) is 4.39 Å². The molecule has 0 unspecified atom stereocenters. The third-order valence-electron chi connectivity index (χ3n) is 3.16. The number of aromatic nitrogens is 3. The van der Waals surface area contributed by atoms with Crippen LogP contribution in [0, 0.1) is 5.82 Å². The lowest BCUT2D eigenvalue weighted by molar-refractivity contribution is 0.627. The summed E-state index contributed by atoms with van der Waals surface area (Å²) in [6.07, 6.45) is 5.05. The maximum atomic E-state index is 13.2. The van der Waals surface area contributed by atoms with E-state index in [2.05, 4.69) is 9.97 Å². The van der Waals surface area contributed by atoms with E-state index in [4.69, 9.17) is 17.3 Å². The topological polar surface area (TPSA) is 56.7 Å². The number of nitrogens with zero attached hydrogens (tertiary/aromatic N) is 3. The molecule has 0 spiro atoms. The highest BCUT2D eigenvalue weighted by atomic mass is 35.5. The van der Waals surface area contributed by atoms with Crippen LogP contribution < -0.4 is 5.73 Å². The quantitative estimate of drug-likeness (QED) is 0.807. The minimum absolute atomic E-state index is 0.107. The van der Waals surface area contributed by atoms with Crippen molar-refractivity contribution < 1.29 is 4.39 Å². The van der Waals surface area contributed by atoms with Crippen molar-refractivity contribution in [3.05, 3.63) is 65.5 Å². The van der Waals surface area contributed by atoms with Gasteiger partial charge in [0.1, 0.15) is 11.6 Å². The zero-order valence-corrected chi connectivity index (χ0v) is 11.8. The lowest BCUT2D eigenvalue weighted by Gasteiger charge is -2.10. The fraction of sp³-hybridized carbons (Fsp3) is 0.0667. The molecule has 2 heterocycles. The predicted molar refractivity (Wildman–Crippen MR) is 80.4 cm³/mol. The highest BCUT2D eigenvalue weighted by Crippen LogP contribution is 2.25. The fourth-order valence-electron chi connectivity index (χ4n) is 2.14. The molecule has 0 aliphatic heterocycles. The second-order valence-electron chi connectivity index (χ2n) is 4.59. The number of hydrogen-bond donors (Lipinski definition) is 1. The zero-order chi connectivity index (χ0) is 14.8. The summed E-state index contributed by atoms with van der Waals surface area (Å²) in [7, 11) is 0. The Morgan fingerprint density at radius 2 is 2.14 bits per heavy atom. The lowest BCUT2D eigenvalue weighted by Crippen LogP contribution is -2.02. The SMILES string of the molecule is Nc1ncccc1-c1cncn1Cc1ccc(F)c(Cl)c1. The molecule has 0 saturated heterocycles. The van der Waals surface area contributed by atoms with Crippen molar-refractivity contribution in [1.82, 2.24) is 14.5 Å². The third-order valence-corrected chi connectivity index (χ3v) is 3.45. The van der Waals surface area contributed by atoms with E-state index < -0.39 is 5.82 Å². The van der Waals surface area contributed by atoms with Crippen molar-refractivity contribution in [1.29, 1.82) is 0 Å². The summed E-state index contributed by atoms with van der Waals surface area (Å²) in [5, 5.41) is 0.107. The van der Waals surface area contributed by atoms with E-state index in [0.29, 0.717) is 12.4 Å².